The molecule has 0 aliphatic heterocycles. The standard InChI is InChI=1S/C23H22Cl2N2O5/c24-17-7-8-18(19(25)10-17)23(31)27-11-21(29)26-12-22(30)32-13-20(28)16-6-5-14-3-1-2-4-15(14)9-16/h5-10H,1-4,11-13H2,(H,26,29)(H,27,31). The average molecular weight is 477 g/mol. The molecule has 2 N–H and O–H groups in total. The van der Waals surface area contributed by atoms with E-state index < -0.39 is 30.9 Å². The van der Waals surface area contributed by atoms with Crippen molar-refractivity contribution in [2.75, 3.05) is 19.7 Å². The van der Waals surface area contributed by atoms with Gasteiger partial charge in [0, 0.05) is 10.6 Å². The average Bonchev–Trinajstić information content (AvgIpc) is 2.79. The number of halogens is 2. The second kappa shape index (κ2) is 11.1. The van der Waals surface area contributed by atoms with Gasteiger partial charge in [0.15, 0.2) is 12.4 Å². The lowest BCUT2D eigenvalue weighted by molar-refractivity contribution is -0.142. The number of fused-ring (bicyclic) bond motifs is 1. The minimum Gasteiger partial charge on any atom is -0.456 e. The molecule has 1 aliphatic rings. The number of aryl methyl sites for hydroxylation is 2. The first-order chi connectivity index (χ1) is 15.3. The van der Waals surface area contributed by atoms with Crippen LogP contribution in [0.5, 0.6) is 0 Å². The number of carbonyl (C=O) groups is 4. The van der Waals surface area contributed by atoms with Crippen LogP contribution in [-0.2, 0) is 27.2 Å². The molecule has 3 rings (SSSR count). The quantitative estimate of drug-likeness (QED) is 0.450. The molecule has 0 unspecified atom stereocenters. The molecule has 1 aliphatic carbocycles. The molecule has 0 radical (unpaired) electrons. The summed E-state index contributed by atoms with van der Waals surface area (Å²) in [6.45, 7) is -1.19. The van der Waals surface area contributed by atoms with Crippen molar-refractivity contribution in [1.29, 1.82) is 0 Å². The van der Waals surface area contributed by atoms with Gasteiger partial charge < -0.3 is 15.4 Å². The Balaban J connectivity index is 1.38. The summed E-state index contributed by atoms with van der Waals surface area (Å²) in [6, 6.07) is 9.92. The topological polar surface area (TPSA) is 102 Å². The van der Waals surface area contributed by atoms with Crippen molar-refractivity contribution < 1.29 is 23.9 Å². The fourth-order valence-electron chi connectivity index (χ4n) is 3.35. The van der Waals surface area contributed by atoms with Crippen molar-refractivity contribution in [3.8, 4) is 0 Å². The molecule has 0 bridgehead atoms. The molecule has 2 aromatic carbocycles. The Morgan fingerprint density at radius 1 is 0.875 bits per heavy atom. The minimum atomic E-state index is -0.753. The zero-order chi connectivity index (χ0) is 23.1. The van der Waals surface area contributed by atoms with E-state index in [0.29, 0.717) is 10.6 Å². The monoisotopic (exact) mass is 476 g/mol. The third kappa shape index (κ3) is 6.55. The van der Waals surface area contributed by atoms with Gasteiger partial charge in [0.05, 0.1) is 17.1 Å². The molecule has 32 heavy (non-hydrogen) atoms. The normalized spacial score (nSPS) is 12.4. The van der Waals surface area contributed by atoms with Gasteiger partial charge in [-0.05, 0) is 61.1 Å². The van der Waals surface area contributed by atoms with Crippen molar-refractivity contribution in [2.45, 2.75) is 25.7 Å². The number of ketones is 1. The van der Waals surface area contributed by atoms with E-state index in [4.69, 9.17) is 27.9 Å². The summed E-state index contributed by atoms with van der Waals surface area (Å²) in [6.07, 6.45) is 4.23. The molecule has 0 saturated heterocycles. The molecule has 0 aromatic heterocycles. The first-order valence-corrected chi connectivity index (χ1v) is 10.9. The summed E-state index contributed by atoms with van der Waals surface area (Å²) in [5.41, 5.74) is 3.11. The molecule has 0 heterocycles. The van der Waals surface area contributed by atoms with E-state index >= 15 is 0 Å². The highest BCUT2D eigenvalue weighted by Crippen LogP contribution is 2.22. The van der Waals surface area contributed by atoms with Gasteiger partial charge in [-0.1, -0.05) is 35.3 Å². The summed E-state index contributed by atoms with van der Waals surface area (Å²) in [4.78, 5) is 48.1. The van der Waals surface area contributed by atoms with Crippen LogP contribution in [0.15, 0.2) is 36.4 Å². The van der Waals surface area contributed by atoms with E-state index in [9.17, 15) is 19.2 Å². The van der Waals surface area contributed by atoms with Crippen molar-refractivity contribution in [2.24, 2.45) is 0 Å². The van der Waals surface area contributed by atoms with Gasteiger partial charge in [-0.2, -0.15) is 0 Å². The Morgan fingerprint density at radius 2 is 1.62 bits per heavy atom. The molecule has 168 valence electrons. The molecule has 9 heteroatoms. The predicted molar refractivity (Wildman–Crippen MR) is 120 cm³/mol. The molecule has 0 saturated carbocycles. The molecule has 0 spiro atoms. The van der Waals surface area contributed by atoms with Gasteiger partial charge in [0.1, 0.15) is 6.54 Å². The number of hydrogen-bond acceptors (Lipinski definition) is 5. The first-order valence-electron chi connectivity index (χ1n) is 10.1. The van der Waals surface area contributed by atoms with Crippen LogP contribution in [0.1, 0.15) is 44.7 Å². The van der Waals surface area contributed by atoms with E-state index in [0.717, 1.165) is 25.7 Å². The Bertz CT molecular complexity index is 1050. The minimum absolute atomic E-state index is 0.155. The lowest BCUT2D eigenvalue weighted by atomic mass is 9.90. The van der Waals surface area contributed by atoms with E-state index in [-0.39, 0.29) is 22.9 Å². The number of hydrogen-bond donors (Lipinski definition) is 2. The highest BCUT2D eigenvalue weighted by atomic mass is 35.5. The maximum atomic E-state index is 12.3. The largest absolute Gasteiger partial charge is 0.456 e. The number of ether oxygens (including phenoxy) is 1. The van der Waals surface area contributed by atoms with Crippen molar-refractivity contribution in [3.05, 3.63) is 68.7 Å². The molecular formula is C23H22Cl2N2O5. The Kier molecular flexibility index (Phi) is 8.25. The predicted octanol–water partition coefficient (Wildman–Crippen LogP) is 3.14. The first kappa shape index (κ1) is 23.8. The van der Waals surface area contributed by atoms with Gasteiger partial charge >= 0.3 is 5.97 Å². The van der Waals surface area contributed by atoms with Crippen LogP contribution < -0.4 is 10.6 Å². The Hall–Kier alpha value is -2.90. The van der Waals surface area contributed by atoms with Crippen LogP contribution in [0.4, 0.5) is 0 Å². The third-order valence-corrected chi connectivity index (χ3v) is 5.60. The maximum Gasteiger partial charge on any atom is 0.325 e. The summed E-state index contributed by atoms with van der Waals surface area (Å²) < 4.78 is 4.95. The van der Waals surface area contributed by atoms with Crippen LogP contribution >= 0.6 is 23.2 Å². The van der Waals surface area contributed by atoms with Gasteiger partial charge in [-0.25, -0.2) is 0 Å². The van der Waals surface area contributed by atoms with E-state index in [1.807, 2.05) is 12.1 Å². The van der Waals surface area contributed by atoms with E-state index in [1.54, 1.807) is 6.07 Å². The van der Waals surface area contributed by atoms with Crippen LogP contribution in [0.3, 0.4) is 0 Å². The van der Waals surface area contributed by atoms with Crippen LogP contribution in [0, 0.1) is 0 Å². The van der Waals surface area contributed by atoms with Crippen LogP contribution in [-0.4, -0.2) is 43.3 Å². The number of benzene rings is 2. The van der Waals surface area contributed by atoms with Gasteiger partial charge in [-0.3, -0.25) is 19.2 Å². The number of nitrogens with one attached hydrogen (secondary N) is 2. The molecule has 7 nitrogen and oxygen atoms in total. The third-order valence-electron chi connectivity index (χ3n) is 5.05. The van der Waals surface area contributed by atoms with Crippen molar-refractivity contribution in [3.63, 3.8) is 0 Å². The zero-order valence-corrected chi connectivity index (χ0v) is 18.7. The van der Waals surface area contributed by atoms with Gasteiger partial charge in [0.25, 0.3) is 5.91 Å². The smallest absolute Gasteiger partial charge is 0.325 e. The molecule has 2 amide bonds. The Morgan fingerprint density at radius 3 is 2.38 bits per heavy atom. The summed E-state index contributed by atoms with van der Waals surface area (Å²) in [5, 5.41) is 5.26. The van der Waals surface area contributed by atoms with Crippen molar-refractivity contribution >= 4 is 46.8 Å². The van der Waals surface area contributed by atoms with Gasteiger partial charge in [0.2, 0.25) is 5.91 Å². The molecular weight excluding hydrogens is 455 g/mol. The number of amides is 2. The van der Waals surface area contributed by atoms with Crippen molar-refractivity contribution in [1.82, 2.24) is 10.6 Å². The number of carbonyl (C=O) groups excluding carboxylic acids is 4. The number of rotatable bonds is 8. The molecule has 0 atom stereocenters. The highest BCUT2D eigenvalue weighted by molar-refractivity contribution is 6.36. The van der Waals surface area contributed by atoms with Crippen LogP contribution in [0.25, 0.3) is 0 Å². The number of esters is 1. The second-order valence-electron chi connectivity index (χ2n) is 7.36. The number of Topliss-reactive ketones (excluding diaryl/α,β-unsaturated/α-hetero) is 1. The van der Waals surface area contributed by atoms with Gasteiger partial charge in [-0.15, -0.1) is 0 Å². The second-order valence-corrected chi connectivity index (χ2v) is 8.20. The zero-order valence-electron chi connectivity index (χ0n) is 17.2. The fourth-order valence-corrected chi connectivity index (χ4v) is 3.84. The van der Waals surface area contributed by atoms with E-state index in [1.165, 1.54) is 29.3 Å². The summed E-state index contributed by atoms with van der Waals surface area (Å²) in [7, 11) is 0. The van der Waals surface area contributed by atoms with E-state index in [2.05, 4.69) is 10.6 Å². The molecule has 2 aromatic rings. The van der Waals surface area contributed by atoms with Crippen LogP contribution in [0.2, 0.25) is 10.0 Å². The maximum absolute atomic E-state index is 12.3. The summed E-state index contributed by atoms with van der Waals surface area (Å²) in [5.74, 6) is -2.21. The highest BCUT2D eigenvalue weighted by Gasteiger charge is 2.16. The summed E-state index contributed by atoms with van der Waals surface area (Å²) >= 11 is 11.7. The lowest BCUT2D eigenvalue weighted by Crippen LogP contribution is -2.39. The Labute approximate surface area is 195 Å². The SMILES string of the molecule is O=C(CNC(=O)c1ccc(Cl)cc1Cl)NCC(=O)OCC(=O)c1ccc2c(c1)CCCC2. The fraction of sp³-hybridized carbons (Fsp3) is 0.304. The molecule has 0 fully saturated rings. The lowest BCUT2D eigenvalue weighted by Gasteiger charge is -2.16.